The standard InChI is InChI=1S/C30H36FN7O2S/c1-19-15-21(31)9-10-26(19)37-11-13-38(14-12-37)30(40)34-27(20(2)24-16-32-25-8-6-5-7-23(24)25)28(39)35-29-33-22(18-41-29)17-36(3)4/h5-10,15-16,18,20,27,32H,11-14,17H2,1-4H3,(H,34,40)(H,33,35,39). The fourth-order valence-electron chi connectivity index (χ4n) is 5.36. The summed E-state index contributed by atoms with van der Waals surface area (Å²) in [6.07, 6.45) is 1.91. The maximum Gasteiger partial charge on any atom is 0.318 e. The molecule has 0 radical (unpaired) electrons. The van der Waals surface area contributed by atoms with Crippen LogP contribution in [-0.4, -0.2) is 78.0 Å². The number of benzene rings is 2. The lowest BCUT2D eigenvalue weighted by atomic mass is 9.92. The Kier molecular flexibility index (Phi) is 8.55. The first kappa shape index (κ1) is 28.6. The second-order valence-corrected chi connectivity index (χ2v) is 11.6. The zero-order valence-corrected chi connectivity index (χ0v) is 24.6. The molecule has 9 nitrogen and oxygen atoms in total. The number of hydrogen-bond acceptors (Lipinski definition) is 6. The van der Waals surface area contributed by atoms with Crippen LogP contribution in [0.1, 0.15) is 29.7 Å². The number of aromatic nitrogens is 2. The van der Waals surface area contributed by atoms with Crippen LogP contribution in [0, 0.1) is 12.7 Å². The Morgan fingerprint density at radius 1 is 1.15 bits per heavy atom. The van der Waals surface area contributed by atoms with Crippen LogP contribution in [0.2, 0.25) is 0 Å². The van der Waals surface area contributed by atoms with Gasteiger partial charge in [0, 0.05) is 66.8 Å². The third-order valence-corrected chi connectivity index (χ3v) is 8.31. The van der Waals surface area contributed by atoms with Crippen molar-refractivity contribution >= 4 is 45.0 Å². The Hall–Kier alpha value is -3.96. The number of rotatable bonds is 8. The number of aryl methyl sites for hydroxylation is 1. The third-order valence-electron chi connectivity index (χ3n) is 7.50. The summed E-state index contributed by atoms with van der Waals surface area (Å²) in [5.74, 6) is -0.897. The molecular weight excluding hydrogens is 541 g/mol. The second kappa shape index (κ2) is 12.3. The summed E-state index contributed by atoms with van der Waals surface area (Å²) in [5.41, 5.74) is 4.62. The molecule has 3 N–H and O–H groups in total. The van der Waals surface area contributed by atoms with E-state index in [1.165, 1.54) is 23.5 Å². The Morgan fingerprint density at radius 3 is 2.63 bits per heavy atom. The normalized spacial score (nSPS) is 15.3. The molecule has 1 aliphatic rings. The van der Waals surface area contributed by atoms with Gasteiger partial charge >= 0.3 is 6.03 Å². The van der Waals surface area contributed by atoms with Gasteiger partial charge in [-0.25, -0.2) is 14.2 Å². The van der Waals surface area contributed by atoms with Gasteiger partial charge in [0.15, 0.2) is 5.13 Å². The van der Waals surface area contributed by atoms with Crippen LogP contribution >= 0.6 is 11.3 Å². The SMILES string of the molecule is Cc1cc(F)ccc1N1CCN(C(=O)NC(C(=O)Nc2nc(CN(C)C)cs2)C(C)c2c[nH]c3ccccc23)CC1. The van der Waals surface area contributed by atoms with Crippen molar-refractivity contribution in [2.75, 3.05) is 50.5 Å². The molecule has 0 spiro atoms. The van der Waals surface area contributed by atoms with E-state index in [0.29, 0.717) is 37.9 Å². The maximum atomic E-state index is 13.7. The summed E-state index contributed by atoms with van der Waals surface area (Å²) in [7, 11) is 3.93. The summed E-state index contributed by atoms with van der Waals surface area (Å²) in [5, 5.41) is 9.41. The van der Waals surface area contributed by atoms with E-state index in [0.717, 1.165) is 33.4 Å². The summed E-state index contributed by atoms with van der Waals surface area (Å²) in [6, 6.07) is 11.6. The van der Waals surface area contributed by atoms with E-state index >= 15 is 0 Å². The van der Waals surface area contributed by atoms with Crippen LogP contribution < -0.4 is 15.5 Å². The lowest BCUT2D eigenvalue weighted by Crippen LogP contribution is -2.56. The van der Waals surface area contributed by atoms with Crippen LogP contribution in [0.15, 0.2) is 54.0 Å². The van der Waals surface area contributed by atoms with E-state index in [1.54, 1.807) is 11.0 Å². The van der Waals surface area contributed by atoms with Crippen LogP contribution in [-0.2, 0) is 11.3 Å². The average molecular weight is 578 g/mol. The highest BCUT2D eigenvalue weighted by Gasteiger charge is 2.32. The lowest BCUT2D eigenvalue weighted by molar-refractivity contribution is -0.118. The van der Waals surface area contributed by atoms with Gasteiger partial charge in [0.1, 0.15) is 11.9 Å². The average Bonchev–Trinajstić information content (AvgIpc) is 3.57. The van der Waals surface area contributed by atoms with E-state index in [9.17, 15) is 14.0 Å². The van der Waals surface area contributed by atoms with Gasteiger partial charge in [0.25, 0.3) is 0 Å². The fraction of sp³-hybridized carbons (Fsp3) is 0.367. The number of thiazole rings is 1. The van der Waals surface area contributed by atoms with Crippen molar-refractivity contribution in [3.63, 3.8) is 0 Å². The molecular formula is C30H36FN7O2S. The molecule has 0 bridgehead atoms. The van der Waals surface area contributed by atoms with Crippen LogP contribution in [0.3, 0.4) is 0 Å². The van der Waals surface area contributed by atoms with Gasteiger partial charge in [-0.2, -0.15) is 0 Å². The number of halogens is 1. The van der Waals surface area contributed by atoms with E-state index in [-0.39, 0.29) is 23.7 Å². The summed E-state index contributed by atoms with van der Waals surface area (Å²) >= 11 is 1.37. The monoisotopic (exact) mass is 577 g/mol. The minimum absolute atomic E-state index is 0.260. The van der Waals surface area contributed by atoms with Gasteiger partial charge in [-0.3, -0.25) is 4.79 Å². The van der Waals surface area contributed by atoms with Gasteiger partial charge in [-0.1, -0.05) is 25.1 Å². The molecule has 2 aromatic heterocycles. The number of hydrogen-bond donors (Lipinski definition) is 3. The molecule has 1 saturated heterocycles. The third kappa shape index (κ3) is 6.52. The molecule has 2 atom stereocenters. The minimum atomic E-state index is -0.833. The summed E-state index contributed by atoms with van der Waals surface area (Å²) < 4.78 is 13.6. The van der Waals surface area contributed by atoms with Crippen molar-refractivity contribution in [1.82, 2.24) is 25.1 Å². The first-order valence-electron chi connectivity index (χ1n) is 13.7. The number of amides is 3. The molecule has 5 rings (SSSR count). The van der Waals surface area contributed by atoms with Crippen molar-refractivity contribution in [3.05, 3.63) is 76.7 Å². The predicted octanol–water partition coefficient (Wildman–Crippen LogP) is 4.78. The number of para-hydroxylation sites is 1. The molecule has 0 saturated carbocycles. The molecule has 2 aromatic carbocycles. The van der Waals surface area contributed by atoms with Gasteiger partial charge in [0.2, 0.25) is 5.91 Å². The predicted molar refractivity (Wildman–Crippen MR) is 162 cm³/mol. The quantitative estimate of drug-likeness (QED) is 0.280. The zero-order chi connectivity index (χ0) is 29.1. The number of fused-ring (bicyclic) bond motifs is 1. The number of anilines is 2. The highest BCUT2D eigenvalue weighted by molar-refractivity contribution is 7.13. The number of nitrogens with one attached hydrogen (secondary N) is 3. The Balaban J connectivity index is 1.32. The zero-order valence-electron chi connectivity index (χ0n) is 23.8. The summed E-state index contributed by atoms with van der Waals surface area (Å²) in [4.78, 5) is 41.0. The first-order valence-corrected chi connectivity index (χ1v) is 14.6. The fourth-order valence-corrected chi connectivity index (χ4v) is 6.06. The summed E-state index contributed by atoms with van der Waals surface area (Å²) in [6.45, 7) is 6.71. The van der Waals surface area contributed by atoms with Gasteiger partial charge in [-0.05, 0) is 56.4 Å². The Morgan fingerprint density at radius 2 is 1.90 bits per heavy atom. The van der Waals surface area contributed by atoms with Gasteiger partial charge in [0.05, 0.1) is 5.69 Å². The maximum absolute atomic E-state index is 13.7. The van der Waals surface area contributed by atoms with Crippen molar-refractivity contribution in [2.24, 2.45) is 0 Å². The molecule has 4 aromatic rings. The molecule has 3 heterocycles. The minimum Gasteiger partial charge on any atom is -0.368 e. The van der Waals surface area contributed by atoms with Crippen molar-refractivity contribution in [3.8, 4) is 0 Å². The number of urea groups is 1. The van der Waals surface area contributed by atoms with E-state index < -0.39 is 6.04 Å². The molecule has 1 aliphatic heterocycles. The second-order valence-electron chi connectivity index (χ2n) is 10.8. The number of piperazine rings is 1. The van der Waals surface area contributed by atoms with Crippen LogP contribution in [0.5, 0.6) is 0 Å². The number of nitrogens with zero attached hydrogens (tertiary/aromatic N) is 4. The molecule has 3 amide bonds. The highest BCUT2D eigenvalue weighted by atomic mass is 32.1. The molecule has 2 unspecified atom stereocenters. The Labute approximate surface area is 243 Å². The number of carbonyl (C=O) groups is 2. The first-order chi connectivity index (χ1) is 19.7. The van der Waals surface area contributed by atoms with E-state index in [2.05, 4.69) is 25.5 Å². The molecule has 11 heteroatoms. The van der Waals surface area contributed by atoms with E-state index in [1.807, 2.05) is 68.7 Å². The van der Waals surface area contributed by atoms with Crippen molar-refractivity contribution < 1.29 is 14.0 Å². The number of carbonyl (C=O) groups excluding carboxylic acids is 2. The lowest BCUT2D eigenvalue weighted by Gasteiger charge is -2.37. The highest BCUT2D eigenvalue weighted by Crippen LogP contribution is 2.29. The van der Waals surface area contributed by atoms with Gasteiger partial charge in [-0.15, -0.1) is 11.3 Å². The smallest absolute Gasteiger partial charge is 0.318 e. The van der Waals surface area contributed by atoms with Crippen LogP contribution in [0.25, 0.3) is 10.9 Å². The molecule has 41 heavy (non-hydrogen) atoms. The van der Waals surface area contributed by atoms with Crippen molar-refractivity contribution in [2.45, 2.75) is 32.4 Å². The van der Waals surface area contributed by atoms with Crippen LogP contribution in [0.4, 0.5) is 20.0 Å². The number of H-pyrrole nitrogens is 1. The topological polar surface area (TPSA) is 96.6 Å². The van der Waals surface area contributed by atoms with Gasteiger partial charge < -0.3 is 30.3 Å². The molecule has 216 valence electrons. The van der Waals surface area contributed by atoms with Crippen molar-refractivity contribution in [1.29, 1.82) is 0 Å². The number of aromatic amines is 1. The molecule has 0 aliphatic carbocycles. The largest absolute Gasteiger partial charge is 0.368 e. The molecule has 1 fully saturated rings. The Bertz CT molecular complexity index is 1530. The van der Waals surface area contributed by atoms with E-state index in [4.69, 9.17) is 0 Å².